The average molecular weight is 513 g/mol. The van der Waals surface area contributed by atoms with Gasteiger partial charge in [-0.1, -0.05) is 20.3 Å². The molecule has 0 atom stereocenters. The summed E-state index contributed by atoms with van der Waals surface area (Å²) in [5.41, 5.74) is 0. The lowest BCUT2D eigenvalue weighted by molar-refractivity contribution is 0.386. The van der Waals surface area contributed by atoms with Crippen molar-refractivity contribution < 1.29 is 16.5 Å². The van der Waals surface area contributed by atoms with Crippen LogP contribution in [0, 0.1) is 0 Å². The molecule has 0 heterocycles. The summed E-state index contributed by atoms with van der Waals surface area (Å²) in [6, 6.07) is 4.65. The summed E-state index contributed by atoms with van der Waals surface area (Å²) in [7, 11) is -10.8. The van der Waals surface area contributed by atoms with E-state index in [4.69, 9.17) is 16.5 Å². The van der Waals surface area contributed by atoms with Gasteiger partial charge in [0.25, 0.3) is 0 Å². The van der Waals surface area contributed by atoms with E-state index in [0.29, 0.717) is 0 Å². The summed E-state index contributed by atoms with van der Waals surface area (Å²) in [6.07, 6.45) is 1.19. The Balaban J connectivity index is 4.74. The Morgan fingerprint density at radius 1 is 0.414 bits per heavy atom. The van der Waals surface area contributed by atoms with E-state index in [9.17, 15) is 0 Å². The van der Waals surface area contributed by atoms with E-state index >= 15 is 0 Å². The van der Waals surface area contributed by atoms with E-state index in [1.165, 1.54) is 18.5 Å². The molecule has 0 aliphatic rings. The molecule has 4 nitrogen and oxygen atoms in total. The lowest BCUT2D eigenvalue weighted by Crippen LogP contribution is -2.53. The highest BCUT2D eigenvalue weighted by Crippen LogP contribution is 2.29. The molecule has 0 radical (unpaired) electrons. The SMILES string of the molecule is CC[Si](C)(C)O[Si](C)(C)O[Si](C)(C)CCC[Si](C)(C)O[Si](C)(C)O[Si](C)(C)CC. The van der Waals surface area contributed by atoms with E-state index in [2.05, 4.69) is 92.4 Å². The summed E-state index contributed by atoms with van der Waals surface area (Å²) < 4.78 is 26.5. The second kappa shape index (κ2) is 10.8. The van der Waals surface area contributed by atoms with E-state index < -0.39 is 50.4 Å². The molecule has 29 heavy (non-hydrogen) atoms. The van der Waals surface area contributed by atoms with Crippen molar-refractivity contribution in [3.63, 3.8) is 0 Å². The van der Waals surface area contributed by atoms with Crippen LogP contribution in [-0.2, 0) is 16.5 Å². The van der Waals surface area contributed by atoms with Gasteiger partial charge in [0.2, 0.25) is 0 Å². The van der Waals surface area contributed by atoms with Gasteiger partial charge in [0.15, 0.2) is 33.3 Å². The monoisotopic (exact) mass is 512 g/mol. The highest BCUT2D eigenvalue weighted by molar-refractivity contribution is 6.89. The first-order valence-electron chi connectivity index (χ1n) is 11.5. The van der Waals surface area contributed by atoms with Crippen molar-refractivity contribution in [1.29, 1.82) is 0 Å². The molecular formula is C19H52O4Si6. The summed E-state index contributed by atoms with van der Waals surface area (Å²) >= 11 is 0. The van der Waals surface area contributed by atoms with Gasteiger partial charge < -0.3 is 16.5 Å². The lowest BCUT2D eigenvalue weighted by atomic mass is 10.6. The lowest BCUT2D eigenvalue weighted by Gasteiger charge is -2.40. The number of hydrogen-bond acceptors (Lipinski definition) is 4. The first kappa shape index (κ1) is 30.1. The molecule has 0 aliphatic heterocycles. The maximum absolute atomic E-state index is 6.71. The average Bonchev–Trinajstić information content (AvgIpc) is 2.41. The third-order valence-electron chi connectivity index (χ3n) is 5.35. The van der Waals surface area contributed by atoms with Gasteiger partial charge in [-0.3, -0.25) is 0 Å². The molecule has 0 aromatic carbocycles. The van der Waals surface area contributed by atoms with E-state index in [-0.39, 0.29) is 0 Å². The third-order valence-corrected chi connectivity index (χ3v) is 28.6. The minimum Gasteiger partial charge on any atom is -0.437 e. The molecular weight excluding hydrogens is 461 g/mol. The molecule has 0 aromatic heterocycles. The van der Waals surface area contributed by atoms with Gasteiger partial charge in [-0.25, -0.2) is 0 Å². The van der Waals surface area contributed by atoms with Crippen LogP contribution in [0.15, 0.2) is 0 Å². The predicted molar refractivity (Wildman–Crippen MR) is 144 cm³/mol. The van der Waals surface area contributed by atoms with Gasteiger partial charge in [-0.2, -0.15) is 0 Å². The highest BCUT2D eigenvalue weighted by Gasteiger charge is 2.41. The molecule has 10 heteroatoms. The Morgan fingerprint density at radius 3 is 0.897 bits per heavy atom. The maximum Gasteiger partial charge on any atom is 0.311 e. The van der Waals surface area contributed by atoms with Crippen molar-refractivity contribution in [3.05, 3.63) is 0 Å². The van der Waals surface area contributed by atoms with Gasteiger partial charge in [-0.15, -0.1) is 0 Å². The quantitative estimate of drug-likeness (QED) is 0.223. The zero-order chi connectivity index (χ0) is 23.4. The van der Waals surface area contributed by atoms with Crippen molar-refractivity contribution in [3.8, 4) is 0 Å². The van der Waals surface area contributed by atoms with E-state index in [1.807, 2.05) is 0 Å². The molecule has 0 aromatic rings. The van der Waals surface area contributed by atoms with Crippen LogP contribution in [-0.4, -0.2) is 50.4 Å². The first-order chi connectivity index (χ1) is 12.7. The fourth-order valence-electron chi connectivity index (χ4n) is 3.89. The van der Waals surface area contributed by atoms with Crippen molar-refractivity contribution in [2.24, 2.45) is 0 Å². The van der Waals surface area contributed by atoms with Crippen molar-refractivity contribution in [2.45, 2.75) is 123 Å². The Bertz CT molecular complexity index is 463. The Morgan fingerprint density at radius 2 is 0.655 bits per heavy atom. The fraction of sp³-hybridized carbons (Fsp3) is 1.00. The Labute approximate surface area is 189 Å². The summed E-state index contributed by atoms with van der Waals surface area (Å²) in [4.78, 5) is 0. The molecule has 0 aliphatic carbocycles. The fourth-order valence-corrected chi connectivity index (χ4v) is 30.6. The molecule has 0 bridgehead atoms. The zero-order valence-corrected chi connectivity index (χ0v) is 28.2. The normalized spacial score (nSPS) is 15.1. The van der Waals surface area contributed by atoms with Crippen LogP contribution in [0.25, 0.3) is 0 Å². The molecule has 0 spiro atoms. The molecule has 0 N–H and O–H groups in total. The second-order valence-electron chi connectivity index (χ2n) is 11.8. The van der Waals surface area contributed by atoms with Crippen molar-refractivity contribution >= 4 is 50.4 Å². The highest BCUT2D eigenvalue weighted by atomic mass is 28.5. The molecule has 0 rings (SSSR count). The molecule has 176 valence electrons. The predicted octanol–water partition coefficient (Wildman–Crippen LogP) is 7.71. The molecule has 0 saturated heterocycles. The maximum atomic E-state index is 6.71. The Hall–Kier alpha value is 1.14. The summed E-state index contributed by atoms with van der Waals surface area (Å²) in [6.45, 7) is 32.1. The zero-order valence-electron chi connectivity index (χ0n) is 22.2. The summed E-state index contributed by atoms with van der Waals surface area (Å²) in [5, 5.41) is 0. The largest absolute Gasteiger partial charge is 0.437 e. The molecule has 0 amide bonds. The number of rotatable bonds is 14. The van der Waals surface area contributed by atoms with Crippen LogP contribution in [0.1, 0.15) is 20.3 Å². The number of hydrogen-bond donors (Lipinski definition) is 0. The summed E-state index contributed by atoms with van der Waals surface area (Å²) in [5.74, 6) is 0. The van der Waals surface area contributed by atoms with Crippen LogP contribution in [0.5, 0.6) is 0 Å². The van der Waals surface area contributed by atoms with Crippen molar-refractivity contribution in [2.75, 3.05) is 0 Å². The van der Waals surface area contributed by atoms with Crippen LogP contribution in [0.3, 0.4) is 0 Å². The van der Waals surface area contributed by atoms with Crippen LogP contribution >= 0.6 is 0 Å². The van der Waals surface area contributed by atoms with Crippen LogP contribution in [0.4, 0.5) is 0 Å². The van der Waals surface area contributed by atoms with Crippen LogP contribution < -0.4 is 0 Å². The van der Waals surface area contributed by atoms with Gasteiger partial charge in [-0.05, 0) is 103 Å². The smallest absolute Gasteiger partial charge is 0.311 e. The minimum atomic E-state index is -2.07. The minimum absolute atomic E-state index is 1.14. The van der Waals surface area contributed by atoms with Gasteiger partial charge in [0, 0.05) is 0 Å². The topological polar surface area (TPSA) is 36.9 Å². The van der Waals surface area contributed by atoms with Gasteiger partial charge in [0.05, 0.1) is 0 Å². The van der Waals surface area contributed by atoms with Gasteiger partial charge >= 0.3 is 17.1 Å². The van der Waals surface area contributed by atoms with Crippen LogP contribution in [0.2, 0.25) is 103 Å². The molecule has 0 unspecified atom stereocenters. The van der Waals surface area contributed by atoms with Crippen molar-refractivity contribution in [1.82, 2.24) is 0 Å². The van der Waals surface area contributed by atoms with E-state index in [1.54, 1.807) is 0 Å². The Kier molecular flexibility index (Phi) is 11.3. The molecule has 0 saturated carbocycles. The van der Waals surface area contributed by atoms with Gasteiger partial charge in [0.1, 0.15) is 0 Å². The first-order valence-corrected chi connectivity index (χ1v) is 29.6. The second-order valence-corrected chi connectivity index (χ2v) is 37.2. The third kappa shape index (κ3) is 14.0. The standard InChI is InChI=1S/C19H52O4Si6/c1-15-24(3,4)20-28(11,12)22-26(7,8)18-17-19-27(9,10)23-29(13,14)21-25(5,6)16-2/h15-19H2,1-14H3. The molecule has 0 fully saturated rings. The van der Waals surface area contributed by atoms with E-state index in [0.717, 1.165) is 12.1 Å².